The quantitative estimate of drug-likeness (QED) is 0.166. The maximum Gasteiger partial charge on any atom is 0.331 e. The lowest BCUT2D eigenvalue weighted by Crippen LogP contribution is -2.30. The Bertz CT molecular complexity index is 1560. The van der Waals surface area contributed by atoms with Gasteiger partial charge in [-0.3, -0.25) is 9.59 Å². The van der Waals surface area contributed by atoms with Crippen LogP contribution < -0.4 is 20.1 Å². The molecule has 4 aromatic rings. The molecule has 0 aliphatic carbocycles. The number of fused-ring (bicyclic) bond motifs is 2. The molecule has 228 valence electrons. The van der Waals surface area contributed by atoms with Gasteiger partial charge in [-0.1, -0.05) is 48.5 Å². The van der Waals surface area contributed by atoms with Crippen molar-refractivity contribution in [1.82, 2.24) is 10.6 Å². The Labute approximate surface area is 254 Å². The molecule has 4 aromatic carbocycles. The van der Waals surface area contributed by atoms with Crippen LogP contribution in [0.3, 0.4) is 0 Å². The number of hydrogen-bond donors (Lipinski definition) is 2. The molecule has 2 N–H and O–H groups in total. The summed E-state index contributed by atoms with van der Waals surface area (Å²) in [4.78, 5) is 48.0. The summed E-state index contributed by atoms with van der Waals surface area (Å²) in [5.41, 5.74) is 2.08. The van der Waals surface area contributed by atoms with Gasteiger partial charge in [0.25, 0.3) is 11.8 Å². The summed E-state index contributed by atoms with van der Waals surface area (Å²) < 4.78 is 20.4. The van der Waals surface area contributed by atoms with Crippen molar-refractivity contribution in [3.8, 4) is 11.5 Å². The van der Waals surface area contributed by atoms with Crippen molar-refractivity contribution in [2.75, 3.05) is 40.5 Å². The minimum atomic E-state index is -0.894. The molecule has 0 saturated carbocycles. The number of esters is 2. The summed E-state index contributed by atoms with van der Waals surface area (Å²) in [6, 6.07) is 23.5. The molecule has 10 heteroatoms. The molecular formula is C34H34N2O8. The first kappa shape index (κ1) is 31.6. The lowest BCUT2D eigenvalue weighted by Gasteiger charge is -2.10. The number of carbonyl (C=O) groups excluding carboxylic acids is 4. The zero-order valence-corrected chi connectivity index (χ0v) is 24.6. The van der Waals surface area contributed by atoms with E-state index in [1.165, 1.54) is 0 Å². The minimum Gasteiger partial charge on any atom is -0.497 e. The Balaban J connectivity index is 1.11. The van der Waals surface area contributed by atoms with Gasteiger partial charge in [0.2, 0.25) is 0 Å². The van der Waals surface area contributed by atoms with Crippen LogP contribution in [-0.4, -0.2) is 64.3 Å². The van der Waals surface area contributed by atoms with Crippen LogP contribution in [0.1, 0.15) is 11.1 Å². The first-order valence-corrected chi connectivity index (χ1v) is 14.0. The summed E-state index contributed by atoms with van der Waals surface area (Å²) in [5, 5.41) is 9.60. The molecule has 44 heavy (non-hydrogen) atoms. The van der Waals surface area contributed by atoms with Crippen LogP contribution in [0.15, 0.2) is 84.9 Å². The number of ether oxygens (including phenoxy) is 4. The number of benzene rings is 4. The van der Waals surface area contributed by atoms with E-state index in [1.54, 1.807) is 14.2 Å². The maximum absolute atomic E-state index is 12.1. The highest BCUT2D eigenvalue weighted by molar-refractivity contribution is 5.93. The summed E-state index contributed by atoms with van der Waals surface area (Å²) in [5.74, 6) is -1.26. The average Bonchev–Trinajstić information content (AvgIpc) is 3.05. The lowest BCUT2D eigenvalue weighted by molar-refractivity contribution is -0.145. The average molecular weight is 599 g/mol. The Morgan fingerprint density at radius 2 is 1.05 bits per heavy atom. The molecule has 0 radical (unpaired) electrons. The van der Waals surface area contributed by atoms with E-state index in [9.17, 15) is 19.2 Å². The topological polar surface area (TPSA) is 129 Å². The third-order valence-corrected chi connectivity index (χ3v) is 6.84. The zero-order valence-electron chi connectivity index (χ0n) is 24.6. The van der Waals surface area contributed by atoms with Crippen LogP contribution in [0.25, 0.3) is 21.5 Å². The highest BCUT2D eigenvalue weighted by atomic mass is 16.5. The molecule has 0 aliphatic heterocycles. The Kier molecular flexibility index (Phi) is 11.3. The van der Waals surface area contributed by atoms with E-state index in [4.69, 9.17) is 18.9 Å². The lowest BCUT2D eigenvalue weighted by atomic mass is 10.0. The summed E-state index contributed by atoms with van der Waals surface area (Å²) in [6.45, 7) is -0.331. The predicted molar refractivity (Wildman–Crippen MR) is 165 cm³/mol. The van der Waals surface area contributed by atoms with E-state index in [0.717, 1.165) is 56.3 Å². The molecule has 0 unspecified atom stereocenters. The van der Waals surface area contributed by atoms with Crippen LogP contribution in [0.4, 0.5) is 0 Å². The largest absolute Gasteiger partial charge is 0.497 e. The standard InChI is InChI=1S/C34H34N2O8/c1-41-27-11-9-23-5-3-7-25(29(23)19-27)15-17-35-31(37)21-43-33(39)13-14-34(40)44-22-32(38)36-18-16-26-8-4-6-24-10-12-28(42-2)20-30(24)26/h3-14,19-20H,15-18,21-22H2,1-2H3,(H,35,37)(H,36,38)/b14-13-. The van der Waals surface area contributed by atoms with Crippen LogP contribution in [-0.2, 0) is 41.5 Å². The first-order chi connectivity index (χ1) is 21.4. The van der Waals surface area contributed by atoms with Crippen molar-refractivity contribution in [1.29, 1.82) is 0 Å². The normalized spacial score (nSPS) is 10.9. The summed E-state index contributed by atoms with van der Waals surface area (Å²) in [7, 11) is 3.22. The molecule has 0 bridgehead atoms. The van der Waals surface area contributed by atoms with Crippen molar-refractivity contribution in [2.24, 2.45) is 0 Å². The number of hydrogen-bond acceptors (Lipinski definition) is 8. The van der Waals surface area contributed by atoms with Gasteiger partial charge in [-0.05, 0) is 69.8 Å². The van der Waals surface area contributed by atoms with E-state index < -0.39 is 37.0 Å². The second-order valence-electron chi connectivity index (χ2n) is 9.76. The Morgan fingerprint density at radius 3 is 1.45 bits per heavy atom. The van der Waals surface area contributed by atoms with Crippen LogP contribution >= 0.6 is 0 Å². The number of rotatable bonds is 14. The summed E-state index contributed by atoms with van der Waals surface area (Å²) in [6.07, 6.45) is 2.82. The number of amides is 2. The predicted octanol–water partition coefficient (Wildman–Crippen LogP) is 3.67. The van der Waals surface area contributed by atoms with Crippen molar-refractivity contribution < 1.29 is 38.1 Å². The monoisotopic (exact) mass is 598 g/mol. The number of methoxy groups -OCH3 is 2. The highest BCUT2D eigenvalue weighted by Crippen LogP contribution is 2.25. The summed E-state index contributed by atoms with van der Waals surface area (Å²) >= 11 is 0. The van der Waals surface area contributed by atoms with Gasteiger partial charge in [-0.15, -0.1) is 0 Å². The van der Waals surface area contributed by atoms with Crippen molar-refractivity contribution >= 4 is 45.3 Å². The van der Waals surface area contributed by atoms with Gasteiger partial charge in [0.05, 0.1) is 14.2 Å². The first-order valence-electron chi connectivity index (χ1n) is 14.0. The molecule has 0 spiro atoms. The fourth-order valence-corrected chi connectivity index (χ4v) is 4.60. The van der Waals surface area contributed by atoms with Gasteiger partial charge in [0.15, 0.2) is 13.2 Å². The molecule has 0 atom stereocenters. The van der Waals surface area contributed by atoms with Gasteiger partial charge in [0.1, 0.15) is 11.5 Å². The van der Waals surface area contributed by atoms with Gasteiger partial charge < -0.3 is 29.6 Å². The fraction of sp³-hybridized carbons (Fsp3) is 0.235. The molecule has 0 fully saturated rings. The Morgan fingerprint density at radius 1 is 0.614 bits per heavy atom. The molecular weight excluding hydrogens is 564 g/mol. The second kappa shape index (κ2) is 15.7. The molecule has 2 amide bonds. The number of carbonyl (C=O) groups is 4. The van der Waals surface area contributed by atoms with Gasteiger partial charge in [-0.2, -0.15) is 0 Å². The minimum absolute atomic E-state index is 0.341. The van der Waals surface area contributed by atoms with Gasteiger partial charge in [-0.25, -0.2) is 9.59 Å². The molecule has 10 nitrogen and oxygen atoms in total. The fourth-order valence-electron chi connectivity index (χ4n) is 4.60. The molecule has 0 saturated heterocycles. The van der Waals surface area contributed by atoms with E-state index in [2.05, 4.69) is 10.6 Å². The van der Waals surface area contributed by atoms with Gasteiger partial charge >= 0.3 is 11.9 Å². The van der Waals surface area contributed by atoms with Crippen LogP contribution in [0.5, 0.6) is 11.5 Å². The molecule has 0 heterocycles. The smallest absolute Gasteiger partial charge is 0.331 e. The third kappa shape index (κ3) is 9.06. The second-order valence-corrected chi connectivity index (χ2v) is 9.76. The molecule has 4 rings (SSSR count). The maximum atomic E-state index is 12.1. The molecule has 0 aliphatic rings. The molecule has 0 aromatic heterocycles. The van der Waals surface area contributed by atoms with E-state index >= 15 is 0 Å². The highest BCUT2D eigenvalue weighted by Gasteiger charge is 2.10. The van der Waals surface area contributed by atoms with E-state index in [1.807, 2.05) is 72.8 Å². The SMILES string of the molecule is COc1ccc2cccc(CCNC(=O)COC(=O)/C=C\C(=O)OCC(=O)NCCc3cccc4ccc(OC)cc34)c2c1. The number of nitrogens with one attached hydrogen (secondary N) is 2. The van der Waals surface area contributed by atoms with E-state index in [0.29, 0.717) is 25.9 Å². The van der Waals surface area contributed by atoms with E-state index in [-0.39, 0.29) is 0 Å². The van der Waals surface area contributed by atoms with Crippen molar-refractivity contribution in [3.63, 3.8) is 0 Å². The van der Waals surface area contributed by atoms with Crippen LogP contribution in [0.2, 0.25) is 0 Å². The zero-order chi connectivity index (χ0) is 31.3. The van der Waals surface area contributed by atoms with Gasteiger partial charge in [0, 0.05) is 25.2 Å². The Hall–Kier alpha value is -5.38. The van der Waals surface area contributed by atoms with Crippen LogP contribution in [0, 0.1) is 0 Å². The third-order valence-electron chi connectivity index (χ3n) is 6.84. The van der Waals surface area contributed by atoms with Crippen molar-refractivity contribution in [2.45, 2.75) is 12.8 Å². The van der Waals surface area contributed by atoms with Crippen molar-refractivity contribution in [3.05, 3.63) is 96.1 Å².